The lowest BCUT2D eigenvalue weighted by atomic mass is 9.95. The fraction of sp³-hybridized carbons (Fsp3) is 0.357. The lowest BCUT2D eigenvalue weighted by molar-refractivity contribution is 0.0607. The van der Waals surface area contributed by atoms with Gasteiger partial charge in [0.25, 0.3) is 10.0 Å². The molecular formula is C14H16BrNO4S3. The van der Waals surface area contributed by atoms with E-state index in [1.807, 2.05) is 20.8 Å². The average Bonchev–Trinajstić information content (AvgIpc) is 3.04. The van der Waals surface area contributed by atoms with Gasteiger partial charge in [0.1, 0.15) is 9.09 Å². The summed E-state index contributed by atoms with van der Waals surface area (Å²) in [4.78, 5) is 13.1. The lowest BCUT2D eigenvalue weighted by Crippen LogP contribution is -2.13. The van der Waals surface area contributed by atoms with E-state index in [1.165, 1.54) is 24.5 Å². The number of hydrogen-bond acceptors (Lipinski definition) is 6. The first-order valence-corrected chi connectivity index (χ1v) is 10.5. The zero-order chi connectivity index (χ0) is 17.4. The van der Waals surface area contributed by atoms with Gasteiger partial charge < -0.3 is 4.74 Å². The van der Waals surface area contributed by atoms with E-state index in [-0.39, 0.29) is 20.2 Å². The molecule has 2 aromatic heterocycles. The predicted molar refractivity (Wildman–Crippen MR) is 97.2 cm³/mol. The molecule has 0 radical (unpaired) electrons. The van der Waals surface area contributed by atoms with Crippen LogP contribution in [0.5, 0.6) is 0 Å². The topological polar surface area (TPSA) is 72.5 Å². The molecule has 1 N–H and O–H groups in total. The first-order chi connectivity index (χ1) is 10.5. The molecule has 9 heteroatoms. The molecule has 2 heterocycles. The Hall–Kier alpha value is -0.900. The first kappa shape index (κ1) is 18.4. The third-order valence-electron chi connectivity index (χ3n) is 2.90. The van der Waals surface area contributed by atoms with E-state index < -0.39 is 16.0 Å². The van der Waals surface area contributed by atoms with Crippen LogP contribution in [-0.2, 0) is 20.2 Å². The molecule has 0 unspecified atom stereocenters. The number of esters is 1. The van der Waals surface area contributed by atoms with Crippen LogP contribution in [-0.4, -0.2) is 21.5 Å². The minimum atomic E-state index is -3.75. The number of halogens is 1. The molecule has 0 aliphatic carbocycles. The van der Waals surface area contributed by atoms with Crippen molar-refractivity contribution in [1.82, 2.24) is 0 Å². The van der Waals surface area contributed by atoms with Gasteiger partial charge >= 0.3 is 5.97 Å². The van der Waals surface area contributed by atoms with Crippen LogP contribution in [0, 0.1) is 0 Å². The van der Waals surface area contributed by atoms with Gasteiger partial charge in [-0.3, -0.25) is 4.72 Å². The first-order valence-electron chi connectivity index (χ1n) is 6.55. The van der Waals surface area contributed by atoms with Gasteiger partial charge in [0.15, 0.2) is 0 Å². The highest BCUT2D eigenvalue weighted by Crippen LogP contribution is 2.37. The number of anilines is 1. The Morgan fingerprint density at radius 2 is 1.91 bits per heavy atom. The quantitative estimate of drug-likeness (QED) is 0.716. The maximum absolute atomic E-state index is 12.5. The van der Waals surface area contributed by atoms with Crippen LogP contribution in [0.15, 0.2) is 26.2 Å². The standard InChI is InChI=1S/C14H16BrNO4S3/c1-14(2,3)9-7-8(12(21-9)13(17)20-4)16-23(18,19)11-6-5-10(15)22-11/h5-7,16H,1-4H3. The number of carbonyl (C=O) groups excluding carboxylic acids is 1. The molecule has 126 valence electrons. The summed E-state index contributed by atoms with van der Waals surface area (Å²) in [5.41, 5.74) is 0.0413. The third kappa shape index (κ3) is 4.14. The normalized spacial score (nSPS) is 12.2. The van der Waals surface area contributed by atoms with Crippen LogP contribution >= 0.6 is 38.6 Å². The Morgan fingerprint density at radius 1 is 1.26 bits per heavy atom. The molecule has 0 aromatic carbocycles. The van der Waals surface area contributed by atoms with Crippen molar-refractivity contribution in [3.05, 3.63) is 31.7 Å². The summed E-state index contributed by atoms with van der Waals surface area (Å²) in [7, 11) is -2.48. The number of thiophene rings is 2. The fourth-order valence-corrected chi connectivity index (χ4v) is 5.94. The molecule has 2 rings (SSSR count). The number of nitrogens with one attached hydrogen (secondary N) is 1. The van der Waals surface area contributed by atoms with E-state index in [4.69, 9.17) is 4.74 Å². The molecule has 0 aliphatic rings. The van der Waals surface area contributed by atoms with Gasteiger partial charge in [0, 0.05) is 4.88 Å². The molecule has 0 atom stereocenters. The molecule has 0 bridgehead atoms. The number of hydrogen-bond donors (Lipinski definition) is 1. The molecule has 0 aliphatic heterocycles. The van der Waals surface area contributed by atoms with Crippen LogP contribution in [0.25, 0.3) is 0 Å². The van der Waals surface area contributed by atoms with Crippen molar-refractivity contribution in [3.8, 4) is 0 Å². The lowest BCUT2D eigenvalue weighted by Gasteiger charge is -2.15. The number of carbonyl (C=O) groups is 1. The summed E-state index contributed by atoms with van der Waals surface area (Å²) in [6, 6.07) is 4.86. The maximum atomic E-state index is 12.5. The van der Waals surface area contributed by atoms with Crippen molar-refractivity contribution in [2.24, 2.45) is 0 Å². The molecule has 5 nitrogen and oxygen atoms in total. The molecule has 23 heavy (non-hydrogen) atoms. The van der Waals surface area contributed by atoms with Gasteiger partial charge in [-0.25, -0.2) is 13.2 Å². The van der Waals surface area contributed by atoms with Crippen LogP contribution in [0.1, 0.15) is 35.3 Å². The average molecular weight is 438 g/mol. The summed E-state index contributed by atoms with van der Waals surface area (Å²) in [5.74, 6) is -0.560. The van der Waals surface area contributed by atoms with Crippen LogP contribution in [0.4, 0.5) is 5.69 Å². The largest absolute Gasteiger partial charge is 0.465 e. The second-order valence-electron chi connectivity index (χ2n) is 5.76. The molecule has 2 aromatic rings. The van der Waals surface area contributed by atoms with E-state index >= 15 is 0 Å². The van der Waals surface area contributed by atoms with Crippen molar-refractivity contribution in [2.45, 2.75) is 30.4 Å². The van der Waals surface area contributed by atoms with E-state index in [0.29, 0.717) is 3.79 Å². The Kier molecular flexibility index (Phi) is 5.24. The van der Waals surface area contributed by atoms with E-state index in [9.17, 15) is 13.2 Å². The van der Waals surface area contributed by atoms with Crippen LogP contribution in [0.2, 0.25) is 0 Å². The Morgan fingerprint density at radius 3 is 2.39 bits per heavy atom. The number of methoxy groups -OCH3 is 1. The fourth-order valence-electron chi connectivity index (χ4n) is 1.72. The molecule has 0 saturated carbocycles. The van der Waals surface area contributed by atoms with E-state index in [2.05, 4.69) is 20.7 Å². The minimum Gasteiger partial charge on any atom is -0.465 e. The predicted octanol–water partition coefficient (Wildman–Crippen LogP) is 4.46. The van der Waals surface area contributed by atoms with Gasteiger partial charge in [0.2, 0.25) is 0 Å². The van der Waals surface area contributed by atoms with Gasteiger partial charge in [0.05, 0.1) is 16.6 Å². The molecule has 0 amide bonds. The summed E-state index contributed by atoms with van der Waals surface area (Å²) in [5, 5.41) is 0. The summed E-state index contributed by atoms with van der Waals surface area (Å²) in [6.45, 7) is 5.98. The van der Waals surface area contributed by atoms with Crippen molar-refractivity contribution >= 4 is 60.3 Å². The zero-order valence-electron chi connectivity index (χ0n) is 13.0. The SMILES string of the molecule is COC(=O)c1sc(C(C)(C)C)cc1NS(=O)(=O)c1ccc(Br)s1. The van der Waals surface area contributed by atoms with Crippen molar-refractivity contribution in [2.75, 3.05) is 11.8 Å². The zero-order valence-corrected chi connectivity index (χ0v) is 17.0. The number of rotatable bonds is 4. The van der Waals surface area contributed by atoms with Gasteiger partial charge in [-0.05, 0) is 39.5 Å². The van der Waals surface area contributed by atoms with E-state index in [1.54, 1.807) is 12.1 Å². The van der Waals surface area contributed by atoms with E-state index in [0.717, 1.165) is 16.2 Å². The Bertz CT molecular complexity index is 831. The summed E-state index contributed by atoms with van der Waals surface area (Å²) in [6.07, 6.45) is 0. The summed E-state index contributed by atoms with van der Waals surface area (Å²) < 4.78 is 33.1. The highest BCUT2D eigenvalue weighted by atomic mass is 79.9. The Balaban J connectivity index is 2.46. The third-order valence-corrected chi connectivity index (χ3v) is 7.92. The molecule has 0 fully saturated rings. The highest BCUT2D eigenvalue weighted by molar-refractivity contribution is 9.11. The van der Waals surface area contributed by atoms with Crippen molar-refractivity contribution < 1.29 is 17.9 Å². The monoisotopic (exact) mass is 437 g/mol. The van der Waals surface area contributed by atoms with Crippen molar-refractivity contribution in [1.29, 1.82) is 0 Å². The second-order valence-corrected chi connectivity index (χ2v) is 11.2. The molecular weight excluding hydrogens is 422 g/mol. The Labute approximate surface area is 151 Å². The maximum Gasteiger partial charge on any atom is 0.350 e. The number of ether oxygens (including phenoxy) is 1. The second kappa shape index (κ2) is 6.54. The van der Waals surface area contributed by atoms with Crippen LogP contribution in [0.3, 0.4) is 0 Å². The highest BCUT2D eigenvalue weighted by Gasteiger charge is 2.27. The summed E-state index contributed by atoms with van der Waals surface area (Å²) >= 11 is 5.58. The van der Waals surface area contributed by atoms with Gasteiger partial charge in [-0.2, -0.15) is 0 Å². The van der Waals surface area contributed by atoms with Crippen molar-refractivity contribution in [3.63, 3.8) is 0 Å². The number of sulfonamides is 1. The van der Waals surface area contributed by atoms with Gasteiger partial charge in [-0.15, -0.1) is 22.7 Å². The smallest absolute Gasteiger partial charge is 0.350 e. The molecule has 0 saturated heterocycles. The molecule has 0 spiro atoms. The van der Waals surface area contributed by atoms with Gasteiger partial charge in [-0.1, -0.05) is 20.8 Å². The van der Waals surface area contributed by atoms with Crippen LogP contribution < -0.4 is 4.72 Å². The minimum absolute atomic E-state index is 0.170.